The average Bonchev–Trinajstić information content (AvgIpc) is 3.92. The van der Waals surface area contributed by atoms with Crippen LogP contribution in [0.3, 0.4) is 0 Å². The van der Waals surface area contributed by atoms with E-state index < -0.39 is 50.8 Å². The second-order valence-corrected chi connectivity index (χ2v) is 14.6. The normalized spacial score (nSPS) is 28.4. The summed E-state index contributed by atoms with van der Waals surface area (Å²) in [5.74, 6) is -0.607. The number of hydrogen-bond donors (Lipinski definition) is 3. The van der Waals surface area contributed by atoms with Crippen LogP contribution in [0.1, 0.15) is 51.4 Å². The van der Waals surface area contributed by atoms with Gasteiger partial charge < -0.3 is 25.0 Å². The summed E-state index contributed by atoms with van der Waals surface area (Å²) < 4.78 is 39.9. The largest absolute Gasteiger partial charge is 0.496 e. The molecule has 0 spiro atoms. The highest BCUT2D eigenvalue weighted by molar-refractivity contribution is 9.10. The first-order chi connectivity index (χ1) is 21.1. The van der Waals surface area contributed by atoms with Gasteiger partial charge in [-0.15, -0.1) is 0 Å². The van der Waals surface area contributed by atoms with E-state index >= 15 is 0 Å². The molecule has 4 atom stereocenters. The van der Waals surface area contributed by atoms with E-state index in [9.17, 15) is 22.8 Å². The molecule has 1 aromatic carbocycles. The fourth-order valence-electron chi connectivity index (χ4n) is 6.02. The zero-order chi connectivity index (χ0) is 31.1. The summed E-state index contributed by atoms with van der Waals surface area (Å²) in [4.78, 5) is 46.5. The fraction of sp³-hybridized carbons (Fsp3) is 0.533. The minimum Gasteiger partial charge on any atom is -0.496 e. The first-order valence-corrected chi connectivity index (χ1v) is 17.3. The Morgan fingerprint density at radius 2 is 1.98 bits per heavy atom. The molecule has 4 amide bonds. The van der Waals surface area contributed by atoms with Crippen LogP contribution in [0.2, 0.25) is 0 Å². The van der Waals surface area contributed by atoms with E-state index in [2.05, 4.69) is 36.3 Å². The van der Waals surface area contributed by atoms with Crippen molar-refractivity contribution in [3.8, 4) is 11.6 Å². The van der Waals surface area contributed by atoms with Crippen LogP contribution in [0.4, 0.5) is 4.79 Å². The average molecular weight is 691 g/mol. The third-order valence-corrected chi connectivity index (χ3v) is 11.4. The van der Waals surface area contributed by atoms with E-state index in [4.69, 9.17) is 9.47 Å². The van der Waals surface area contributed by atoms with E-state index in [0.717, 1.165) is 40.9 Å². The number of hydrogen-bond acceptors (Lipinski definition) is 8. The highest BCUT2D eigenvalue weighted by Gasteiger charge is 2.62. The number of nitrogens with zero attached hydrogens (tertiary/aromatic N) is 2. The molecule has 4 unspecified atom stereocenters. The van der Waals surface area contributed by atoms with Crippen molar-refractivity contribution in [3.63, 3.8) is 0 Å². The van der Waals surface area contributed by atoms with Gasteiger partial charge in [0.1, 0.15) is 23.4 Å². The number of carbonyl (C=O) groups excluding carboxylic acids is 3. The first kappa shape index (κ1) is 30.6. The number of pyridine rings is 1. The Kier molecular flexibility index (Phi) is 8.48. The summed E-state index contributed by atoms with van der Waals surface area (Å²) in [7, 11) is -2.23. The molecule has 0 bridgehead atoms. The Labute approximate surface area is 264 Å². The molecule has 14 heteroatoms. The van der Waals surface area contributed by atoms with Crippen molar-refractivity contribution in [1.29, 1.82) is 0 Å². The smallest absolute Gasteiger partial charge is 0.318 e. The number of sulfonamides is 1. The number of aromatic nitrogens is 1. The number of nitrogens with one attached hydrogen (secondary N) is 3. The molecule has 2 aromatic rings. The summed E-state index contributed by atoms with van der Waals surface area (Å²) >= 11 is 3.57. The molecule has 236 valence electrons. The van der Waals surface area contributed by atoms with Crippen LogP contribution < -0.4 is 24.8 Å². The van der Waals surface area contributed by atoms with Gasteiger partial charge in [0.2, 0.25) is 21.8 Å². The van der Waals surface area contributed by atoms with Crippen molar-refractivity contribution >= 4 is 54.6 Å². The highest BCUT2D eigenvalue weighted by atomic mass is 79.9. The van der Waals surface area contributed by atoms with Gasteiger partial charge in [-0.1, -0.05) is 18.6 Å². The number of fused-ring (bicyclic) bond motifs is 3. The second-order valence-electron chi connectivity index (χ2n) is 11.9. The number of ether oxygens (including phenoxy) is 2. The molecule has 12 nitrogen and oxygen atoms in total. The molecule has 2 aliphatic carbocycles. The maximum Gasteiger partial charge on any atom is 0.318 e. The lowest BCUT2D eigenvalue weighted by molar-refractivity contribution is -0.131. The molecule has 3 N–H and O–H groups in total. The molecule has 2 saturated carbocycles. The van der Waals surface area contributed by atoms with E-state index in [-0.39, 0.29) is 25.3 Å². The lowest BCUT2D eigenvalue weighted by Crippen LogP contribution is -2.57. The van der Waals surface area contributed by atoms with Crippen LogP contribution in [0.25, 0.3) is 10.8 Å². The van der Waals surface area contributed by atoms with Gasteiger partial charge in [-0.05, 0) is 72.7 Å². The summed E-state index contributed by atoms with van der Waals surface area (Å²) in [6.45, 7) is 0.589. The molecule has 2 aliphatic heterocycles. The number of allylic oxidation sites excluding steroid dienone is 1. The molecule has 0 radical (unpaired) electrons. The third kappa shape index (κ3) is 6.10. The lowest BCUT2D eigenvalue weighted by Gasteiger charge is -2.26. The number of carbonyl (C=O) groups is 3. The Balaban J connectivity index is 1.26. The molecular weight excluding hydrogens is 654 g/mol. The molecule has 3 fully saturated rings. The van der Waals surface area contributed by atoms with Gasteiger partial charge in [0.15, 0.2) is 0 Å². The van der Waals surface area contributed by atoms with Gasteiger partial charge in [0.25, 0.3) is 5.91 Å². The predicted octanol–water partition coefficient (Wildman–Crippen LogP) is 3.15. The molecule has 1 saturated heterocycles. The maximum absolute atomic E-state index is 13.9. The Hall–Kier alpha value is -3.39. The van der Waals surface area contributed by atoms with Gasteiger partial charge >= 0.3 is 6.03 Å². The van der Waals surface area contributed by atoms with E-state index in [1.54, 1.807) is 19.4 Å². The SMILES string of the molecule is COc1ccc2c(OC3CC4C(=O)NC5(C(=O)NS(=O)(=O)C6CC6)CC5/C=C\CCCCCNC(=O)N4C3)nccc2c1Br. The highest BCUT2D eigenvalue weighted by Crippen LogP contribution is 2.46. The molecule has 3 heterocycles. The summed E-state index contributed by atoms with van der Waals surface area (Å²) in [6.07, 6.45) is 9.77. The van der Waals surface area contributed by atoms with Crippen LogP contribution >= 0.6 is 15.9 Å². The van der Waals surface area contributed by atoms with Crippen molar-refractivity contribution in [1.82, 2.24) is 25.2 Å². The quantitative estimate of drug-likeness (QED) is 0.391. The number of benzene rings is 1. The van der Waals surface area contributed by atoms with E-state index in [1.807, 2.05) is 24.3 Å². The minimum atomic E-state index is -3.81. The van der Waals surface area contributed by atoms with Gasteiger partial charge in [-0.3, -0.25) is 14.3 Å². The molecular formula is C30H36BrN5O7S. The van der Waals surface area contributed by atoms with Crippen LogP contribution in [-0.2, 0) is 19.6 Å². The number of rotatable bonds is 6. The number of halogens is 1. The second kappa shape index (κ2) is 12.2. The van der Waals surface area contributed by atoms with E-state index in [0.29, 0.717) is 31.0 Å². The Morgan fingerprint density at radius 3 is 2.75 bits per heavy atom. The Bertz CT molecular complexity index is 1610. The van der Waals surface area contributed by atoms with Gasteiger partial charge in [-0.2, -0.15) is 0 Å². The summed E-state index contributed by atoms with van der Waals surface area (Å²) in [5, 5.41) is 6.78. The monoisotopic (exact) mass is 689 g/mol. The van der Waals surface area contributed by atoms with Gasteiger partial charge in [0, 0.05) is 35.9 Å². The van der Waals surface area contributed by atoms with Crippen molar-refractivity contribution in [2.75, 3.05) is 20.2 Å². The van der Waals surface area contributed by atoms with Gasteiger partial charge in [0.05, 0.1) is 23.4 Å². The first-order valence-electron chi connectivity index (χ1n) is 15.0. The number of methoxy groups -OCH3 is 1. The maximum atomic E-state index is 13.9. The number of urea groups is 1. The molecule has 6 rings (SSSR count). The summed E-state index contributed by atoms with van der Waals surface area (Å²) in [5.41, 5.74) is -1.40. The fourth-order valence-corrected chi connectivity index (χ4v) is 8.03. The van der Waals surface area contributed by atoms with Crippen molar-refractivity contribution in [3.05, 3.63) is 41.0 Å². The lowest BCUT2D eigenvalue weighted by atomic mass is 10.1. The van der Waals surface area contributed by atoms with E-state index in [1.165, 1.54) is 4.90 Å². The van der Waals surface area contributed by atoms with Crippen LogP contribution in [0, 0.1) is 5.92 Å². The van der Waals surface area contributed by atoms with Crippen molar-refractivity contribution < 1.29 is 32.3 Å². The van der Waals surface area contributed by atoms with Crippen molar-refractivity contribution in [2.24, 2.45) is 5.92 Å². The van der Waals surface area contributed by atoms with Crippen LogP contribution in [-0.4, -0.2) is 79.3 Å². The van der Waals surface area contributed by atoms with Crippen molar-refractivity contribution in [2.45, 2.75) is 74.3 Å². The zero-order valence-electron chi connectivity index (χ0n) is 24.4. The third-order valence-electron chi connectivity index (χ3n) is 8.79. The molecule has 44 heavy (non-hydrogen) atoms. The van der Waals surface area contributed by atoms with Crippen LogP contribution in [0.5, 0.6) is 11.6 Å². The summed E-state index contributed by atoms with van der Waals surface area (Å²) in [6, 6.07) is 4.14. The molecule has 4 aliphatic rings. The topological polar surface area (TPSA) is 156 Å². The standard InChI is InChI=1S/C30H36BrN5O7S/c1-42-24-11-10-22-21(25(24)31)12-14-32-27(22)43-19-15-23-26(37)34-30(28(38)35-44(40,41)20-8-9-20)16-18(30)7-5-3-2-4-6-13-33-29(39)36(23)17-19/h5,7,10-12,14,18-20,23H,2-4,6,8-9,13,15-17H2,1H3,(H,33,39)(H,34,37)(H,35,38)/b7-5-. The minimum absolute atomic E-state index is 0.123. The zero-order valence-corrected chi connectivity index (χ0v) is 26.8. The van der Waals surface area contributed by atoms with Gasteiger partial charge in [-0.25, -0.2) is 18.2 Å². The Morgan fingerprint density at radius 1 is 1.16 bits per heavy atom. The molecule has 1 aromatic heterocycles. The predicted molar refractivity (Wildman–Crippen MR) is 166 cm³/mol. The number of amides is 4. The van der Waals surface area contributed by atoms with Crippen LogP contribution in [0.15, 0.2) is 41.0 Å².